The quantitative estimate of drug-likeness (QED) is 0.687. The third-order valence-electron chi connectivity index (χ3n) is 4.23. The monoisotopic (exact) mass is 396 g/mol. The van der Waals surface area contributed by atoms with Crippen molar-refractivity contribution in [3.63, 3.8) is 0 Å². The third-order valence-corrected chi connectivity index (χ3v) is 5.03. The minimum atomic E-state index is -1.09. The van der Waals surface area contributed by atoms with Gasteiger partial charge in [-0.15, -0.1) is 0 Å². The summed E-state index contributed by atoms with van der Waals surface area (Å²) in [6, 6.07) is 9.94. The van der Waals surface area contributed by atoms with Crippen molar-refractivity contribution in [1.29, 1.82) is 0 Å². The Labute approximate surface area is 160 Å². The van der Waals surface area contributed by atoms with Crippen molar-refractivity contribution < 1.29 is 9.59 Å². The van der Waals surface area contributed by atoms with E-state index >= 15 is 0 Å². The SMILES string of the molecule is Cc1cc(Cl)ccc1NC(=O)C1(C(=O)Nc2cc(Cl)ccc2Cl)CC1. The van der Waals surface area contributed by atoms with Gasteiger partial charge in [0.2, 0.25) is 11.8 Å². The van der Waals surface area contributed by atoms with Gasteiger partial charge in [-0.3, -0.25) is 9.59 Å². The smallest absolute Gasteiger partial charge is 0.240 e. The fourth-order valence-electron chi connectivity index (χ4n) is 2.53. The zero-order valence-electron chi connectivity index (χ0n) is 13.3. The number of anilines is 2. The fraction of sp³-hybridized carbons (Fsp3) is 0.222. The summed E-state index contributed by atoms with van der Waals surface area (Å²) in [4.78, 5) is 25.3. The van der Waals surface area contributed by atoms with E-state index in [1.54, 1.807) is 36.4 Å². The van der Waals surface area contributed by atoms with Crippen molar-refractivity contribution in [1.82, 2.24) is 0 Å². The van der Waals surface area contributed by atoms with Gasteiger partial charge < -0.3 is 10.6 Å². The van der Waals surface area contributed by atoms with E-state index in [-0.39, 0.29) is 11.8 Å². The maximum atomic E-state index is 12.7. The lowest BCUT2D eigenvalue weighted by atomic mass is 10.0. The number of aryl methyl sites for hydroxylation is 1. The summed E-state index contributed by atoms with van der Waals surface area (Å²) in [5.41, 5.74) is 0.766. The number of hydrogen-bond acceptors (Lipinski definition) is 2. The normalized spacial score (nSPS) is 14.7. The molecule has 1 aliphatic rings. The molecule has 0 heterocycles. The number of carbonyl (C=O) groups excluding carboxylic acids is 2. The first kappa shape index (κ1) is 18.1. The van der Waals surface area contributed by atoms with Crippen molar-refractivity contribution in [2.75, 3.05) is 10.6 Å². The van der Waals surface area contributed by atoms with E-state index in [1.807, 2.05) is 6.92 Å². The van der Waals surface area contributed by atoms with E-state index in [1.165, 1.54) is 0 Å². The second-order valence-electron chi connectivity index (χ2n) is 6.07. The lowest BCUT2D eigenvalue weighted by Gasteiger charge is -2.17. The zero-order chi connectivity index (χ0) is 18.2. The van der Waals surface area contributed by atoms with Crippen LogP contribution >= 0.6 is 34.8 Å². The topological polar surface area (TPSA) is 58.2 Å². The Hall–Kier alpha value is -1.75. The first-order valence-electron chi connectivity index (χ1n) is 7.66. The Bertz CT molecular complexity index is 863. The lowest BCUT2D eigenvalue weighted by molar-refractivity contribution is -0.131. The standard InChI is InChI=1S/C18H15Cl3N2O2/c1-10-8-11(19)3-5-14(10)22-16(24)18(6-7-18)17(25)23-15-9-12(20)2-4-13(15)21/h2-5,8-9H,6-7H2,1H3,(H,22,24)(H,23,25). The molecule has 3 rings (SSSR count). The van der Waals surface area contributed by atoms with E-state index in [9.17, 15) is 9.59 Å². The molecule has 2 amide bonds. The van der Waals surface area contributed by atoms with Gasteiger partial charge in [0.1, 0.15) is 5.41 Å². The van der Waals surface area contributed by atoms with E-state index in [2.05, 4.69) is 10.6 Å². The molecule has 2 N–H and O–H groups in total. The number of rotatable bonds is 4. The second-order valence-corrected chi connectivity index (χ2v) is 7.35. The first-order valence-corrected chi connectivity index (χ1v) is 8.79. The maximum absolute atomic E-state index is 12.7. The van der Waals surface area contributed by atoms with Gasteiger partial charge in [0.25, 0.3) is 0 Å². The number of amides is 2. The predicted octanol–water partition coefficient (Wildman–Crippen LogP) is 5.31. The molecule has 0 saturated heterocycles. The van der Waals surface area contributed by atoms with Crippen LogP contribution in [0.4, 0.5) is 11.4 Å². The van der Waals surface area contributed by atoms with Crippen LogP contribution in [-0.2, 0) is 9.59 Å². The molecule has 0 radical (unpaired) electrons. The van der Waals surface area contributed by atoms with Gasteiger partial charge in [0.05, 0.1) is 10.7 Å². The molecule has 0 aromatic heterocycles. The van der Waals surface area contributed by atoms with Crippen LogP contribution in [0.1, 0.15) is 18.4 Å². The molecule has 0 spiro atoms. The molecule has 4 nitrogen and oxygen atoms in total. The minimum Gasteiger partial charge on any atom is -0.325 e. The number of carbonyl (C=O) groups is 2. The highest BCUT2D eigenvalue weighted by atomic mass is 35.5. The van der Waals surface area contributed by atoms with E-state index in [0.717, 1.165) is 5.56 Å². The summed E-state index contributed by atoms with van der Waals surface area (Å²) in [6.07, 6.45) is 0.963. The van der Waals surface area contributed by atoms with Gasteiger partial charge in [0.15, 0.2) is 0 Å². The van der Waals surface area contributed by atoms with Gasteiger partial charge in [0, 0.05) is 15.7 Å². The Balaban J connectivity index is 1.75. The van der Waals surface area contributed by atoms with Crippen molar-refractivity contribution in [3.05, 3.63) is 57.0 Å². The summed E-state index contributed by atoms with van der Waals surface area (Å²) in [7, 11) is 0. The summed E-state index contributed by atoms with van der Waals surface area (Å²) >= 11 is 17.9. The van der Waals surface area contributed by atoms with Gasteiger partial charge in [-0.25, -0.2) is 0 Å². The largest absolute Gasteiger partial charge is 0.325 e. The Morgan fingerprint density at radius 1 is 0.880 bits per heavy atom. The molecule has 25 heavy (non-hydrogen) atoms. The van der Waals surface area contributed by atoms with E-state index in [4.69, 9.17) is 34.8 Å². The first-order chi connectivity index (χ1) is 11.8. The molecule has 130 valence electrons. The number of nitrogens with one attached hydrogen (secondary N) is 2. The van der Waals surface area contributed by atoms with Crippen molar-refractivity contribution in [3.8, 4) is 0 Å². The molecule has 2 aromatic rings. The van der Waals surface area contributed by atoms with Gasteiger partial charge in [-0.1, -0.05) is 34.8 Å². The van der Waals surface area contributed by atoms with Crippen LogP contribution in [-0.4, -0.2) is 11.8 Å². The number of halogens is 3. The summed E-state index contributed by atoms with van der Waals surface area (Å²) in [6.45, 7) is 1.84. The highest BCUT2D eigenvalue weighted by Gasteiger charge is 2.56. The van der Waals surface area contributed by atoms with Crippen LogP contribution < -0.4 is 10.6 Å². The van der Waals surface area contributed by atoms with Crippen molar-refractivity contribution in [2.24, 2.45) is 5.41 Å². The van der Waals surface area contributed by atoms with Gasteiger partial charge >= 0.3 is 0 Å². The summed E-state index contributed by atoms with van der Waals surface area (Å²) < 4.78 is 0. The fourth-order valence-corrected chi connectivity index (χ4v) is 3.09. The molecule has 0 aliphatic heterocycles. The van der Waals surface area contributed by atoms with Gasteiger partial charge in [-0.05, 0) is 61.7 Å². The average molecular weight is 398 g/mol. The van der Waals surface area contributed by atoms with Crippen LogP contribution in [0.5, 0.6) is 0 Å². The molecule has 2 aromatic carbocycles. The van der Waals surface area contributed by atoms with Crippen molar-refractivity contribution >= 4 is 58.0 Å². The zero-order valence-corrected chi connectivity index (χ0v) is 15.6. The molecule has 1 aliphatic carbocycles. The number of hydrogen-bond donors (Lipinski definition) is 2. The summed E-state index contributed by atoms with van der Waals surface area (Å²) in [5, 5.41) is 6.92. The van der Waals surface area contributed by atoms with Crippen LogP contribution in [0, 0.1) is 12.3 Å². The second kappa shape index (κ2) is 6.87. The Kier molecular flexibility index (Phi) is 4.96. The van der Waals surface area contributed by atoms with Crippen LogP contribution in [0.25, 0.3) is 0 Å². The molecule has 0 unspecified atom stereocenters. The average Bonchev–Trinajstić information content (AvgIpc) is 3.35. The molecule has 0 bridgehead atoms. The molecule has 1 fully saturated rings. The minimum absolute atomic E-state index is 0.339. The summed E-state index contributed by atoms with van der Waals surface area (Å²) in [5.74, 6) is -0.727. The van der Waals surface area contributed by atoms with E-state index < -0.39 is 5.41 Å². The molecule has 1 saturated carbocycles. The van der Waals surface area contributed by atoms with Crippen molar-refractivity contribution in [2.45, 2.75) is 19.8 Å². The predicted molar refractivity (Wildman–Crippen MR) is 102 cm³/mol. The highest BCUT2D eigenvalue weighted by Crippen LogP contribution is 2.48. The lowest BCUT2D eigenvalue weighted by Crippen LogP contribution is -2.35. The van der Waals surface area contributed by atoms with Crippen LogP contribution in [0.3, 0.4) is 0 Å². The number of benzene rings is 2. The Morgan fingerprint density at radius 2 is 1.44 bits per heavy atom. The molecular formula is C18H15Cl3N2O2. The van der Waals surface area contributed by atoms with Crippen LogP contribution in [0.15, 0.2) is 36.4 Å². The van der Waals surface area contributed by atoms with Gasteiger partial charge in [-0.2, -0.15) is 0 Å². The molecule has 0 atom stereocenters. The van der Waals surface area contributed by atoms with Crippen LogP contribution in [0.2, 0.25) is 15.1 Å². The Morgan fingerprint density at radius 3 is 2.04 bits per heavy atom. The van der Waals surface area contributed by atoms with E-state index in [0.29, 0.717) is 39.3 Å². The maximum Gasteiger partial charge on any atom is 0.240 e. The third kappa shape index (κ3) is 3.76. The highest BCUT2D eigenvalue weighted by molar-refractivity contribution is 6.36. The molecular weight excluding hydrogens is 383 g/mol. The molecule has 7 heteroatoms.